The van der Waals surface area contributed by atoms with Gasteiger partial charge in [0.2, 0.25) is 0 Å². The van der Waals surface area contributed by atoms with Gasteiger partial charge in [0.1, 0.15) is 5.82 Å². The molecule has 16 heavy (non-hydrogen) atoms. The van der Waals surface area contributed by atoms with E-state index in [1.165, 1.54) is 0 Å². The van der Waals surface area contributed by atoms with Crippen molar-refractivity contribution < 1.29 is 5.11 Å². The number of hydrogen-bond donors (Lipinski definition) is 2. The van der Waals surface area contributed by atoms with Crippen LogP contribution in [0.25, 0.3) is 0 Å². The van der Waals surface area contributed by atoms with Crippen LogP contribution in [0.4, 0.5) is 0 Å². The van der Waals surface area contributed by atoms with Crippen LogP contribution in [-0.4, -0.2) is 33.3 Å². The lowest BCUT2D eigenvalue weighted by molar-refractivity contribution is 0.0328. The van der Waals surface area contributed by atoms with Crippen molar-refractivity contribution in [2.45, 2.75) is 38.7 Å². The fourth-order valence-electron chi connectivity index (χ4n) is 1.66. The molecule has 0 bridgehead atoms. The molecule has 1 aromatic rings. The summed E-state index contributed by atoms with van der Waals surface area (Å²) in [7, 11) is 2.00. The van der Waals surface area contributed by atoms with Crippen molar-refractivity contribution in [3.63, 3.8) is 0 Å². The molecule has 0 unspecified atom stereocenters. The molecule has 4 heteroatoms. The summed E-state index contributed by atoms with van der Waals surface area (Å²) in [4.78, 5) is 4.25. The number of nitrogens with one attached hydrogen (secondary N) is 1. The van der Waals surface area contributed by atoms with E-state index < -0.39 is 5.60 Å². The van der Waals surface area contributed by atoms with Gasteiger partial charge >= 0.3 is 0 Å². The molecule has 0 spiro atoms. The Labute approximate surface area is 97.7 Å². The minimum Gasteiger partial charge on any atom is -0.389 e. The summed E-state index contributed by atoms with van der Waals surface area (Å²) in [6.45, 7) is 5.55. The van der Waals surface area contributed by atoms with Crippen LogP contribution < -0.4 is 5.32 Å². The average molecular weight is 225 g/mol. The predicted octanol–water partition coefficient (Wildman–Crippen LogP) is 1.10. The van der Waals surface area contributed by atoms with E-state index in [2.05, 4.69) is 10.3 Å². The van der Waals surface area contributed by atoms with Gasteiger partial charge in [-0.1, -0.05) is 13.8 Å². The van der Waals surface area contributed by atoms with Crippen molar-refractivity contribution in [3.8, 4) is 0 Å². The van der Waals surface area contributed by atoms with Crippen molar-refractivity contribution in [3.05, 3.63) is 18.2 Å². The maximum absolute atomic E-state index is 10.1. The van der Waals surface area contributed by atoms with Gasteiger partial charge in [0.05, 0.1) is 5.60 Å². The fraction of sp³-hybridized carbons (Fsp3) is 0.750. The highest BCUT2D eigenvalue weighted by Crippen LogP contribution is 2.12. The Morgan fingerprint density at radius 1 is 1.44 bits per heavy atom. The number of rotatable bonds is 7. The molecular weight excluding hydrogens is 202 g/mol. The first-order chi connectivity index (χ1) is 7.61. The van der Waals surface area contributed by atoms with Gasteiger partial charge in [-0.2, -0.15) is 0 Å². The molecule has 0 aliphatic carbocycles. The third-order valence-electron chi connectivity index (χ3n) is 3.22. The Kier molecular flexibility index (Phi) is 4.96. The molecule has 4 nitrogen and oxygen atoms in total. The monoisotopic (exact) mass is 225 g/mol. The van der Waals surface area contributed by atoms with Crippen molar-refractivity contribution in [2.24, 2.45) is 7.05 Å². The van der Waals surface area contributed by atoms with Gasteiger partial charge < -0.3 is 15.0 Å². The standard InChI is InChI=1S/C12H23N3O/c1-4-12(16,5-2)10-13-7-6-11-14-8-9-15(11)3/h8-9,13,16H,4-7,10H2,1-3H3. The van der Waals surface area contributed by atoms with Crippen LogP contribution in [0.1, 0.15) is 32.5 Å². The molecule has 0 saturated heterocycles. The number of nitrogens with zero attached hydrogens (tertiary/aromatic N) is 2. The van der Waals surface area contributed by atoms with E-state index in [1.54, 1.807) is 0 Å². The first-order valence-electron chi connectivity index (χ1n) is 6.00. The maximum atomic E-state index is 10.1. The topological polar surface area (TPSA) is 50.1 Å². The summed E-state index contributed by atoms with van der Waals surface area (Å²) in [5, 5.41) is 13.3. The van der Waals surface area contributed by atoms with E-state index in [-0.39, 0.29) is 0 Å². The number of aryl methyl sites for hydroxylation is 1. The van der Waals surface area contributed by atoms with Gasteiger partial charge in [0.25, 0.3) is 0 Å². The molecule has 1 rings (SSSR count). The van der Waals surface area contributed by atoms with Crippen molar-refractivity contribution in [1.82, 2.24) is 14.9 Å². The Morgan fingerprint density at radius 2 is 2.12 bits per heavy atom. The number of aromatic nitrogens is 2. The highest BCUT2D eigenvalue weighted by molar-refractivity contribution is 4.91. The molecule has 92 valence electrons. The largest absolute Gasteiger partial charge is 0.389 e. The summed E-state index contributed by atoms with van der Waals surface area (Å²) >= 11 is 0. The van der Waals surface area contributed by atoms with E-state index in [1.807, 2.05) is 37.9 Å². The molecule has 0 atom stereocenters. The first-order valence-corrected chi connectivity index (χ1v) is 6.00. The van der Waals surface area contributed by atoms with Crippen molar-refractivity contribution in [2.75, 3.05) is 13.1 Å². The molecule has 0 saturated carbocycles. The SMILES string of the molecule is CCC(O)(CC)CNCCc1nccn1C. The first kappa shape index (κ1) is 13.2. The lowest BCUT2D eigenvalue weighted by Crippen LogP contribution is -2.40. The van der Waals surface area contributed by atoms with Crippen LogP contribution in [0, 0.1) is 0 Å². The van der Waals surface area contributed by atoms with Gasteiger partial charge in [-0.3, -0.25) is 0 Å². The van der Waals surface area contributed by atoms with E-state index in [9.17, 15) is 5.11 Å². The molecule has 1 heterocycles. The van der Waals surface area contributed by atoms with Gasteiger partial charge in [-0.15, -0.1) is 0 Å². The molecule has 0 aromatic carbocycles. The van der Waals surface area contributed by atoms with Crippen LogP contribution >= 0.6 is 0 Å². The smallest absolute Gasteiger partial charge is 0.109 e. The van der Waals surface area contributed by atoms with Gasteiger partial charge in [0.15, 0.2) is 0 Å². The van der Waals surface area contributed by atoms with E-state index >= 15 is 0 Å². The third kappa shape index (κ3) is 3.61. The Hall–Kier alpha value is -0.870. The Morgan fingerprint density at radius 3 is 2.62 bits per heavy atom. The molecule has 0 aliphatic heterocycles. The van der Waals surface area contributed by atoms with Crippen LogP contribution in [-0.2, 0) is 13.5 Å². The average Bonchev–Trinajstić information content (AvgIpc) is 2.70. The number of imidazole rings is 1. The quantitative estimate of drug-likeness (QED) is 0.683. The van der Waals surface area contributed by atoms with Crippen molar-refractivity contribution in [1.29, 1.82) is 0 Å². The Bertz CT molecular complexity index is 305. The third-order valence-corrected chi connectivity index (χ3v) is 3.22. The number of aliphatic hydroxyl groups is 1. The van der Waals surface area contributed by atoms with E-state index in [4.69, 9.17) is 0 Å². The summed E-state index contributed by atoms with van der Waals surface area (Å²) in [6.07, 6.45) is 6.23. The highest BCUT2D eigenvalue weighted by Gasteiger charge is 2.20. The fourth-order valence-corrected chi connectivity index (χ4v) is 1.66. The van der Waals surface area contributed by atoms with Gasteiger partial charge in [0, 0.05) is 39.0 Å². The second-order valence-electron chi connectivity index (χ2n) is 4.31. The van der Waals surface area contributed by atoms with Gasteiger partial charge in [-0.25, -0.2) is 4.98 Å². The summed E-state index contributed by atoms with van der Waals surface area (Å²) in [5.41, 5.74) is -0.554. The molecule has 1 aromatic heterocycles. The van der Waals surface area contributed by atoms with Gasteiger partial charge in [-0.05, 0) is 12.8 Å². The van der Waals surface area contributed by atoms with Crippen LogP contribution in [0.5, 0.6) is 0 Å². The summed E-state index contributed by atoms with van der Waals surface area (Å²) < 4.78 is 2.02. The number of hydrogen-bond acceptors (Lipinski definition) is 3. The molecular formula is C12H23N3O. The minimum absolute atomic E-state index is 0.554. The van der Waals surface area contributed by atoms with Crippen LogP contribution in [0.15, 0.2) is 12.4 Å². The van der Waals surface area contributed by atoms with Crippen LogP contribution in [0.2, 0.25) is 0 Å². The molecule has 0 amide bonds. The zero-order chi connectivity index (χ0) is 12.0. The zero-order valence-corrected chi connectivity index (χ0v) is 10.5. The maximum Gasteiger partial charge on any atom is 0.109 e. The Balaban J connectivity index is 2.24. The summed E-state index contributed by atoms with van der Waals surface area (Å²) in [6, 6.07) is 0. The van der Waals surface area contributed by atoms with Crippen LogP contribution in [0.3, 0.4) is 0 Å². The molecule has 0 fully saturated rings. The zero-order valence-electron chi connectivity index (χ0n) is 10.5. The van der Waals surface area contributed by atoms with E-state index in [0.717, 1.165) is 31.6 Å². The molecule has 0 aliphatic rings. The van der Waals surface area contributed by atoms with E-state index in [0.29, 0.717) is 6.54 Å². The normalized spacial score (nSPS) is 12.0. The minimum atomic E-state index is -0.554. The summed E-state index contributed by atoms with van der Waals surface area (Å²) in [5.74, 6) is 1.07. The second-order valence-corrected chi connectivity index (χ2v) is 4.31. The molecule has 0 radical (unpaired) electrons. The second kappa shape index (κ2) is 6.01. The lowest BCUT2D eigenvalue weighted by Gasteiger charge is -2.25. The highest BCUT2D eigenvalue weighted by atomic mass is 16.3. The predicted molar refractivity (Wildman–Crippen MR) is 65.3 cm³/mol. The lowest BCUT2D eigenvalue weighted by atomic mass is 9.98. The van der Waals surface area contributed by atoms with Crippen molar-refractivity contribution >= 4 is 0 Å². The molecule has 2 N–H and O–H groups in total.